The molecular formula is C15H23N3O2. The van der Waals surface area contributed by atoms with E-state index in [1.165, 1.54) is 38.3 Å². The first-order valence-corrected chi connectivity index (χ1v) is 7.44. The molecule has 0 aromatic carbocycles. The Bertz CT molecular complexity index is 414. The zero-order valence-corrected chi connectivity index (χ0v) is 12.1. The Labute approximate surface area is 120 Å². The van der Waals surface area contributed by atoms with Crippen molar-refractivity contribution in [2.45, 2.75) is 51.6 Å². The van der Waals surface area contributed by atoms with E-state index < -0.39 is 0 Å². The second-order valence-electron chi connectivity index (χ2n) is 5.28. The van der Waals surface area contributed by atoms with E-state index in [0.29, 0.717) is 24.9 Å². The lowest BCUT2D eigenvalue weighted by molar-refractivity contribution is 0.0273. The molecule has 1 aromatic rings. The van der Waals surface area contributed by atoms with Crippen LogP contribution in [0.2, 0.25) is 0 Å². The van der Waals surface area contributed by atoms with Gasteiger partial charge in [0.25, 0.3) is 5.91 Å². The third-order valence-corrected chi connectivity index (χ3v) is 3.53. The number of hydrogen-bond donors (Lipinski definition) is 1. The van der Waals surface area contributed by atoms with Gasteiger partial charge in [0.2, 0.25) is 0 Å². The highest BCUT2D eigenvalue weighted by molar-refractivity contribution is 5.91. The maximum absolute atomic E-state index is 11.8. The summed E-state index contributed by atoms with van der Waals surface area (Å²) in [5.41, 5.74) is 1.17. The maximum Gasteiger partial charge on any atom is 0.271 e. The minimum absolute atomic E-state index is 0.171. The monoisotopic (exact) mass is 277 g/mol. The number of nitrogens with one attached hydrogen (secondary N) is 1. The van der Waals surface area contributed by atoms with Gasteiger partial charge in [-0.3, -0.25) is 9.78 Å². The summed E-state index contributed by atoms with van der Waals surface area (Å²) in [5.74, 6) is -0.171. The molecule has 110 valence electrons. The number of amides is 1. The third-order valence-electron chi connectivity index (χ3n) is 3.53. The van der Waals surface area contributed by atoms with Crippen molar-refractivity contribution in [3.63, 3.8) is 0 Å². The van der Waals surface area contributed by atoms with E-state index >= 15 is 0 Å². The van der Waals surface area contributed by atoms with Crippen LogP contribution in [0.15, 0.2) is 12.4 Å². The van der Waals surface area contributed by atoms with Gasteiger partial charge in [-0.1, -0.05) is 19.3 Å². The molecule has 1 heterocycles. The van der Waals surface area contributed by atoms with Crippen LogP contribution in [-0.2, 0) is 4.74 Å². The van der Waals surface area contributed by atoms with Gasteiger partial charge < -0.3 is 10.1 Å². The molecule has 1 aliphatic rings. The van der Waals surface area contributed by atoms with Crippen LogP contribution in [0.1, 0.15) is 54.7 Å². The number of carbonyl (C=O) groups excluding carboxylic acids is 1. The van der Waals surface area contributed by atoms with Gasteiger partial charge in [0.05, 0.1) is 18.0 Å². The fourth-order valence-electron chi connectivity index (χ4n) is 2.36. The number of hydrogen-bond acceptors (Lipinski definition) is 4. The average molecular weight is 277 g/mol. The molecular weight excluding hydrogens is 254 g/mol. The van der Waals surface area contributed by atoms with E-state index in [4.69, 9.17) is 4.74 Å². The van der Waals surface area contributed by atoms with Crippen molar-refractivity contribution in [3.8, 4) is 0 Å². The van der Waals surface area contributed by atoms with E-state index in [-0.39, 0.29) is 5.91 Å². The lowest BCUT2D eigenvalue weighted by atomic mass is 9.98. The molecule has 1 N–H and O–H groups in total. The Kier molecular flexibility index (Phi) is 5.92. The van der Waals surface area contributed by atoms with E-state index in [0.717, 1.165) is 12.1 Å². The molecule has 1 aliphatic carbocycles. The van der Waals surface area contributed by atoms with Crippen LogP contribution in [0.25, 0.3) is 0 Å². The largest absolute Gasteiger partial charge is 0.378 e. The summed E-state index contributed by atoms with van der Waals surface area (Å²) in [4.78, 5) is 19.9. The SMILES string of the molecule is Cc1cnc(C(=O)NCCCOC2CCCCC2)cn1. The molecule has 1 fully saturated rings. The van der Waals surface area contributed by atoms with Crippen molar-refractivity contribution in [1.29, 1.82) is 0 Å². The van der Waals surface area contributed by atoms with Gasteiger partial charge in [-0.05, 0) is 26.2 Å². The minimum Gasteiger partial charge on any atom is -0.378 e. The molecule has 5 nitrogen and oxygen atoms in total. The Morgan fingerprint density at radius 3 is 2.80 bits per heavy atom. The van der Waals surface area contributed by atoms with Crippen molar-refractivity contribution >= 4 is 5.91 Å². The summed E-state index contributed by atoms with van der Waals surface area (Å²) in [6, 6.07) is 0. The molecule has 1 saturated carbocycles. The van der Waals surface area contributed by atoms with Gasteiger partial charge in [-0.2, -0.15) is 0 Å². The second kappa shape index (κ2) is 7.94. The van der Waals surface area contributed by atoms with Crippen molar-refractivity contribution < 1.29 is 9.53 Å². The van der Waals surface area contributed by atoms with E-state index in [9.17, 15) is 4.79 Å². The lowest BCUT2D eigenvalue weighted by Crippen LogP contribution is -2.27. The summed E-state index contributed by atoms with van der Waals surface area (Å²) in [5, 5.41) is 2.83. The quantitative estimate of drug-likeness (QED) is 0.810. The predicted molar refractivity (Wildman–Crippen MR) is 76.5 cm³/mol. The molecule has 5 heteroatoms. The van der Waals surface area contributed by atoms with E-state index in [1.54, 1.807) is 6.20 Å². The minimum atomic E-state index is -0.171. The highest BCUT2D eigenvalue weighted by Gasteiger charge is 2.13. The van der Waals surface area contributed by atoms with Gasteiger partial charge in [0.1, 0.15) is 5.69 Å². The fraction of sp³-hybridized carbons (Fsp3) is 0.667. The molecule has 0 unspecified atom stereocenters. The molecule has 0 atom stereocenters. The van der Waals surface area contributed by atoms with Crippen LogP contribution >= 0.6 is 0 Å². The number of nitrogens with zero attached hydrogens (tertiary/aromatic N) is 2. The molecule has 0 saturated heterocycles. The molecule has 20 heavy (non-hydrogen) atoms. The predicted octanol–water partition coefficient (Wildman–Crippen LogP) is 2.25. The van der Waals surface area contributed by atoms with Crippen LogP contribution < -0.4 is 5.32 Å². The molecule has 2 rings (SSSR count). The van der Waals surface area contributed by atoms with Gasteiger partial charge in [-0.15, -0.1) is 0 Å². The van der Waals surface area contributed by atoms with Gasteiger partial charge in [0.15, 0.2) is 0 Å². The Hall–Kier alpha value is -1.49. The highest BCUT2D eigenvalue weighted by Crippen LogP contribution is 2.20. The molecule has 1 aromatic heterocycles. The molecule has 0 bridgehead atoms. The zero-order chi connectivity index (χ0) is 14.2. The number of ether oxygens (including phenoxy) is 1. The number of carbonyl (C=O) groups is 1. The third kappa shape index (κ3) is 4.89. The smallest absolute Gasteiger partial charge is 0.271 e. The Balaban J connectivity index is 1.58. The van der Waals surface area contributed by atoms with Crippen molar-refractivity contribution in [2.24, 2.45) is 0 Å². The first kappa shape index (κ1) is 14.9. The summed E-state index contributed by atoms with van der Waals surface area (Å²) in [7, 11) is 0. The zero-order valence-electron chi connectivity index (χ0n) is 12.1. The second-order valence-corrected chi connectivity index (χ2v) is 5.28. The topological polar surface area (TPSA) is 64.1 Å². The average Bonchev–Trinajstić information content (AvgIpc) is 2.48. The molecule has 0 radical (unpaired) electrons. The standard InChI is InChI=1S/C15H23N3O2/c1-12-10-18-14(11-17-12)15(19)16-8-5-9-20-13-6-3-2-4-7-13/h10-11,13H,2-9H2,1H3,(H,16,19). The number of rotatable bonds is 6. The van der Waals surface area contributed by atoms with Crippen LogP contribution in [0, 0.1) is 6.92 Å². The molecule has 1 amide bonds. The van der Waals surface area contributed by atoms with Gasteiger partial charge >= 0.3 is 0 Å². The van der Waals surface area contributed by atoms with Crippen molar-refractivity contribution in [2.75, 3.05) is 13.2 Å². The maximum atomic E-state index is 11.8. The van der Waals surface area contributed by atoms with Gasteiger partial charge in [-0.25, -0.2) is 4.98 Å². The Morgan fingerprint density at radius 2 is 2.10 bits per heavy atom. The number of aromatic nitrogens is 2. The van der Waals surface area contributed by atoms with Crippen LogP contribution in [-0.4, -0.2) is 35.1 Å². The summed E-state index contributed by atoms with van der Waals surface area (Å²) in [6.07, 6.45) is 10.7. The fourth-order valence-corrected chi connectivity index (χ4v) is 2.36. The molecule has 0 aliphatic heterocycles. The first-order valence-electron chi connectivity index (χ1n) is 7.44. The Morgan fingerprint density at radius 1 is 1.30 bits per heavy atom. The summed E-state index contributed by atoms with van der Waals surface area (Å²) < 4.78 is 5.81. The normalized spacial score (nSPS) is 16.1. The number of aryl methyl sites for hydroxylation is 1. The highest BCUT2D eigenvalue weighted by atomic mass is 16.5. The first-order chi connectivity index (χ1) is 9.75. The van der Waals surface area contributed by atoms with Crippen molar-refractivity contribution in [3.05, 3.63) is 23.8 Å². The summed E-state index contributed by atoms with van der Waals surface area (Å²) in [6.45, 7) is 3.17. The lowest BCUT2D eigenvalue weighted by Gasteiger charge is -2.21. The van der Waals surface area contributed by atoms with Crippen LogP contribution in [0.4, 0.5) is 0 Å². The van der Waals surface area contributed by atoms with Crippen LogP contribution in [0.5, 0.6) is 0 Å². The molecule has 0 spiro atoms. The van der Waals surface area contributed by atoms with Gasteiger partial charge in [0, 0.05) is 19.3 Å². The summed E-state index contributed by atoms with van der Waals surface area (Å²) >= 11 is 0. The van der Waals surface area contributed by atoms with Crippen LogP contribution in [0.3, 0.4) is 0 Å². The van der Waals surface area contributed by atoms with E-state index in [1.807, 2.05) is 6.92 Å². The van der Waals surface area contributed by atoms with E-state index in [2.05, 4.69) is 15.3 Å². The van der Waals surface area contributed by atoms with Crippen molar-refractivity contribution in [1.82, 2.24) is 15.3 Å².